The molecule has 214 valence electrons. The number of ether oxygens (including phenoxy) is 1. The Bertz CT molecular complexity index is 1510. The fourth-order valence-electron chi connectivity index (χ4n) is 7.00. The molecule has 4 aliphatic rings. The smallest absolute Gasteiger partial charge is 0.250 e. The van der Waals surface area contributed by atoms with Gasteiger partial charge in [-0.05, 0) is 81.3 Å². The average molecular weight is 570 g/mol. The first-order valence-corrected chi connectivity index (χ1v) is 15.2. The number of benzene rings is 2. The molecule has 40 heavy (non-hydrogen) atoms. The summed E-state index contributed by atoms with van der Waals surface area (Å²) in [5.41, 5.74) is 0.0329. The van der Waals surface area contributed by atoms with E-state index in [1.807, 2.05) is 6.07 Å². The number of aromatic hydroxyl groups is 1. The van der Waals surface area contributed by atoms with Crippen LogP contribution in [-0.2, 0) is 33.2 Å². The zero-order valence-electron chi connectivity index (χ0n) is 22.6. The van der Waals surface area contributed by atoms with Crippen LogP contribution < -0.4 is 15.2 Å². The number of fused-ring (bicyclic) bond motifs is 1. The van der Waals surface area contributed by atoms with Gasteiger partial charge in [0.1, 0.15) is 5.76 Å². The maximum atomic E-state index is 13.1. The number of likely N-dealkylation sites (tertiary alicyclic amines) is 1. The van der Waals surface area contributed by atoms with Gasteiger partial charge in [0.15, 0.2) is 17.6 Å². The molecule has 2 aliphatic carbocycles. The molecule has 2 aromatic rings. The van der Waals surface area contributed by atoms with Gasteiger partial charge in [0.2, 0.25) is 10.0 Å². The minimum absolute atomic E-state index is 0.0304. The van der Waals surface area contributed by atoms with Crippen LogP contribution in [0.4, 0.5) is 0 Å². The fraction of sp³-hybridized carbons (Fsp3) is 0.483. The van der Waals surface area contributed by atoms with Gasteiger partial charge in [0.25, 0.3) is 5.91 Å². The van der Waals surface area contributed by atoms with Crippen molar-refractivity contribution in [3.63, 3.8) is 0 Å². The number of sulfonamides is 1. The van der Waals surface area contributed by atoms with Crippen molar-refractivity contribution in [1.82, 2.24) is 10.2 Å². The zero-order chi connectivity index (χ0) is 28.6. The molecule has 0 aromatic heterocycles. The summed E-state index contributed by atoms with van der Waals surface area (Å²) in [5, 5.41) is 42.4. The number of nitrogens with zero attached hydrogens (tertiary/aromatic N) is 1. The lowest BCUT2D eigenvalue weighted by Crippen LogP contribution is -2.73. The third-order valence-electron chi connectivity index (χ3n) is 9.42. The van der Waals surface area contributed by atoms with Crippen molar-refractivity contribution in [2.45, 2.75) is 74.1 Å². The Hall–Kier alpha value is -3.12. The van der Waals surface area contributed by atoms with E-state index in [2.05, 4.69) is 10.2 Å². The lowest BCUT2D eigenvalue weighted by molar-refractivity contribution is -0.153. The number of amides is 1. The normalized spacial score (nSPS) is 29.8. The summed E-state index contributed by atoms with van der Waals surface area (Å²) in [5.74, 6) is 0.0129. The van der Waals surface area contributed by atoms with Crippen molar-refractivity contribution in [2.24, 2.45) is 11.1 Å². The molecule has 11 heteroatoms. The number of phenols is 1. The number of primary sulfonamides is 1. The van der Waals surface area contributed by atoms with Crippen molar-refractivity contribution in [2.75, 3.05) is 13.1 Å². The second-order valence-electron chi connectivity index (χ2n) is 11.9. The number of carbonyl (C=O) groups is 1. The summed E-state index contributed by atoms with van der Waals surface area (Å²) >= 11 is 0. The van der Waals surface area contributed by atoms with Crippen LogP contribution in [0.5, 0.6) is 11.5 Å². The van der Waals surface area contributed by atoms with Crippen molar-refractivity contribution in [1.29, 1.82) is 0 Å². The summed E-state index contributed by atoms with van der Waals surface area (Å²) in [6.45, 7) is 5.01. The van der Waals surface area contributed by atoms with E-state index in [9.17, 15) is 28.5 Å². The Labute approximate surface area is 233 Å². The lowest BCUT2D eigenvalue weighted by Gasteiger charge is -2.59. The first-order valence-electron chi connectivity index (χ1n) is 13.6. The predicted octanol–water partition coefficient (Wildman–Crippen LogP) is 1.98. The van der Waals surface area contributed by atoms with Crippen LogP contribution >= 0.6 is 0 Å². The van der Waals surface area contributed by atoms with E-state index in [4.69, 9.17) is 9.88 Å². The molecular weight excluding hydrogens is 534 g/mol. The van der Waals surface area contributed by atoms with Crippen LogP contribution in [0.25, 0.3) is 0 Å². The monoisotopic (exact) mass is 569 g/mol. The molecule has 2 bridgehead atoms. The standard InChI is InChI=1S/C29H35N3O7S/c1-16(27(35)31-14-17-5-8-20(9-6-17)40(30,37)38)24(34)26-29-11-12-32(15-18-3-4-18)22(28(29,2)36)13-19-7-10-21(33)25(39-26)23(19)29/h5-10,18,22,26,33-34,36H,3-4,11-15H2,1-2H3,(H,31,35)(H2,30,37,38)/b24-16-/t22-,26+,28-,29+/m1/s1. The van der Waals surface area contributed by atoms with Gasteiger partial charge in [0, 0.05) is 24.7 Å². The third-order valence-corrected chi connectivity index (χ3v) is 10.3. The Morgan fingerprint density at radius 3 is 2.55 bits per heavy atom. The summed E-state index contributed by atoms with van der Waals surface area (Å²) in [6, 6.07) is 9.09. The van der Waals surface area contributed by atoms with E-state index in [1.54, 1.807) is 25.1 Å². The number of carbonyl (C=O) groups excluding carboxylic acids is 1. The van der Waals surface area contributed by atoms with Gasteiger partial charge >= 0.3 is 0 Å². The minimum Gasteiger partial charge on any atom is -0.508 e. The molecule has 2 aromatic carbocycles. The number of aliphatic hydroxyl groups is 2. The van der Waals surface area contributed by atoms with Crippen molar-refractivity contribution < 1.29 is 33.3 Å². The molecule has 6 rings (SSSR count). The number of hydrogen-bond donors (Lipinski definition) is 5. The molecular formula is C29H35N3O7S. The van der Waals surface area contributed by atoms with Gasteiger partial charge in [0.05, 0.1) is 21.5 Å². The molecule has 6 N–H and O–H groups in total. The third kappa shape index (κ3) is 4.09. The van der Waals surface area contributed by atoms with Gasteiger partial charge < -0.3 is 25.4 Å². The van der Waals surface area contributed by atoms with Gasteiger partial charge in [-0.2, -0.15) is 0 Å². The highest BCUT2D eigenvalue weighted by Gasteiger charge is 2.69. The predicted molar refractivity (Wildman–Crippen MR) is 146 cm³/mol. The van der Waals surface area contributed by atoms with Gasteiger partial charge in [-0.3, -0.25) is 9.69 Å². The maximum Gasteiger partial charge on any atom is 0.250 e. The Morgan fingerprint density at radius 2 is 1.90 bits per heavy atom. The van der Waals surface area contributed by atoms with Crippen LogP contribution in [0.3, 0.4) is 0 Å². The van der Waals surface area contributed by atoms with Gasteiger partial charge in [-0.25, -0.2) is 13.6 Å². The summed E-state index contributed by atoms with van der Waals surface area (Å²) in [7, 11) is -3.82. The molecule has 10 nitrogen and oxygen atoms in total. The Kier molecular flexibility index (Phi) is 6.23. The molecule has 0 radical (unpaired) electrons. The SMILES string of the molecule is C/C(C(=O)NCc1ccc(S(N)(=O)=O)cc1)=C(/O)[C@@H]1Oc2c(O)ccc3c2[C@@]12CCN(CC1CC1)[C@H](C3)[C@@]2(C)O. The molecule has 1 saturated carbocycles. The van der Waals surface area contributed by atoms with Crippen LogP contribution in [0, 0.1) is 5.92 Å². The van der Waals surface area contributed by atoms with Crippen LogP contribution in [0.15, 0.2) is 52.6 Å². The quantitative estimate of drug-likeness (QED) is 0.250. The van der Waals surface area contributed by atoms with Crippen LogP contribution in [-0.4, -0.2) is 65.4 Å². The highest BCUT2D eigenvalue weighted by molar-refractivity contribution is 7.89. The van der Waals surface area contributed by atoms with Crippen molar-refractivity contribution >= 4 is 15.9 Å². The number of nitrogens with one attached hydrogen (secondary N) is 1. The first-order chi connectivity index (χ1) is 18.8. The highest BCUT2D eigenvalue weighted by atomic mass is 32.2. The minimum atomic E-state index is -3.82. The first kappa shape index (κ1) is 27.1. The summed E-state index contributed by atoms with van der Waals surface area (Å²) < 4.78 is 29.2. The average Bonchev–Trinajstić information content (AvgIpc) is 3.65. The lowest BCUT2D eigenvalue weighted by atomic mass is 9.53. The summed E-state index contributed by atoms with van der Waals surface area (Å²) in [4.78, 5) is 15.5. The molecule has 1 spiro atoms. The largest absolute Gasteiger partial charge is 0.508 e. The molecule has 2 heterocycles. The number of aliphatic hydroxyl groups excluding tert-OH is 1. The van der Waals surface area contributed by atoms with Crippen molar-refractivity contribution in [3.8, 4) is 11.5 Å². The number of phenolic OH excluding ortho intramolecular Hbond substituents is 1. The maximum absolute atomic E-state index is 13.1. The van der Waals surface area contributed by atoms with Crippen LogP contribution in [0.1, 0.15) is 49.8 Å². The topological polar surface area (TPSA) is 162 Å². The molecule has 0 unspecified atom stereocenters. The van der Waals surface area contributed by atoms with Gasteiger partial charge in [-0.1, -0.05) is 18.2 Å². The number of hydrogen-bond acceptors (Lipinski definition) is 8. The van der Waals surface area contributed by atoms with E-state index < -0.39 is 33.1 Å². The number of rotatable bonds is 7. The fourth-order valence-corrected chi connectivity index (χ4v) is 7.51. The molecule has 2 aliphatic heterocycles. The van der Waals surface area contributed by atoms with E-state index >= 15 is 0 Å². The van der Waals surface area contributed by atoms with Gasteiger partial charge in [-0.15, -0.1) is 0 Å². The second-order valence-corrected chi connectivity index (χ2v) is 13.4. The number of piperidine rings is 1. The molecule has 1 amide bonds. The summed E-state index contributed by atoms with van der Waals surface area (Å²) in [6.07, 6.45) is 2.44. The van der Waals surface area contributed by atoms with E-state index in [-0.39, 0.29) is 40.3 Å². The van der Waals surface area contributed by atoms with E-state index in [0.717, 1.165) is 17.7 Å². The highest BCUT2D eigenvalue weighted by Crippen LogP contribution is 2.63. The van der Waals surface area contributed by atoms with E-state index in [0.29, 0.717) is 30.9 Å². The van der Waals surface area contributed by atoms with Crippen molar-refractivity contribution in [3.05, 3.63) is 64.4 Å². The second kappa shape index (κ2) is 9.20. The van der Waals surface area contributed by atoms with Crippen LogP contribution in [0.2, 0.25) is 0 Å². The molecule has 1 saturated heterocycles. The van der Waals surface area contributed by atoms with E-state index in [1.165, 1.54) is 31.9 Å². The Morgan fingerprint density at radius 1 is 1.20 bits per heavy atom. The number of nitrogens with two attached hydrogens (primary N) is 1. The Balaban J connectivity index is 1.31. The zero-order valence-corrected chi connectivity index (χ0v) is 23.4. The molecule has 4 atom stereocenters. The molecule has 2 fully saturated rings.